The van der Waals surface area contributed by atoms with Crippen molar-refractivity contribution in [2.45, 2.75) is 25.7 Å². The molecule has 2 aromatic rings. The smallest absolute Gasteiger partial charge is 0.508 e. The quantitative estimate of drug-likeness (QED) is 0.449. The van der Waals surface area contributed by atoms with Crippen LogP contribution in [0, 0.1) is 10.8 Å². The zero-order valence-corrected chi connectivity index (χ0v) is 16.6. The second-order valence-electron chi connectivity index (χ2n) is 6.62. The van der Waals surface area contributed by atoms with Crippen LogP contribution in [-0.2, 0) is 29.6 Å². The van der Waals surface area contributed by atoms with Crippen molar-refractivity contribution in [3.05, 3.63) is 59.7 Å². The predicted molar refractivity (Wildman–Crippen MR) is 106 cm³/mol. The molecule has 0 saturated heterocycles. The van der Waals surface area contributed by atoms with Gasteiger partial charge in [0.05, 0.1) is 0 Å². The molecule has 4 N–H and O–H groups in total. The summed E-state index contributed by atoms with van der Waals surface area (Å²) in [7, 11) is 1.99. The molecule has 6 heteroatoms. The molecule has 2 aromatic carbocycles. The number of phenolic OH excluding ortho intramolecular Hbond substituents is 2. The van der Waals surface area contributed by atoms with Crippen molar-refractivity contribution in [3.8, 4) is 11.5 Å². The Balaban J connectivity index is 0.00000364. The van der Waals surface area contributed by atoms with Gasteiger partial charge in [-0.2, -0.15) is 0 Å². The van der Waals surface area contributed by atoms with Gasteiger partial charge in [-0.1, -0.05) is 36.4 Å². The summed E-state index contributed by atoms with van der Waals surface area (Å²) in [6.45, 7) is 1.49. The van der Waals surface area contributed by atoms with Gasteiger partial charge in [-0.25, -0.2) is 0 Å². The molecule has 0 aromatic heterocycles. The molecule has 0 spiro atoms. The Labute approximate surface area is 171 Å². The van der Waals surface area contributed by atoms with Crippen LogP contribution in [-0.4, -0.2) is 46.7 Å². The van der Waals surface area contributed by atoms with Gasteiger partial charge in [0.2, 0.25) is 0 Å². The first-order chi connectivity index (χ1) is 12.5. The van der Waals surface area contributed by atoms with Crippen molar-refractivity contribution >= 4 is 11.4 Å². The number of rotatable bonds is 10. The molecule has 0 unspecified atom stereocenters. The maximum absolute atomic E-state index is 9.77. The van der Waals surface area contributed by atoms with E-state index in [1.807, 2.05) is 31.3 Å². The van der Waals surface area contributed by atoms with Crippen molar-refractivity contribution in [1.82, 2.24) is 4.90 Å². The molecule has 0 fully saturated rings. The first-order valence-electron chi connectivity index (χ1n) is 8.80. The zero-order valence-electron chi connectivity index (χ0n) is 15.5. The second kappa shape index (κ2) is 11.5. The van der Waals surface area contributed by atoms with Crippen LogP contribution in [0.25, 0.3) is 0 Å². The van der Waals surface area contributed by atoms with Gasteiger partial charge >= 0.3 is 16.8 Å². The molecule has 0 atom stereocenters. The second-order valence-corrected chi connectivity index (χ2v) is 6.62. The van der Waals surface area contributed by atoms with E-state index in [1.54, 1.807) is 24.3 Å². The Hall–Kier alpha value is -2.15. The Morgan fingerprint density at radius 2 is 1.15 bits per heavy atom. The minimum Gasteiger partial charge on any atom is -0.508 e. The van der Waals surface area contributed by atoms with Crippen LogP contribution in [0.5, 0.6) is 11.5 Å². The summed E-state index contributed by atoms with van der Waals surface area (Å²) in [6.07, 6.45) is 2.20. The maximum Gasteiger partial charge on any atom is 2.00 e. The molecule has 0 heterocycles. The Kier molecular flexibility index (Phi) is 9.78. The number of aromatic hydroxyl groups is 2. The van der Waals surface area contributed by atoms with Gasteiger partial charge in [-0.3, -0.25) is 0 Å². The van der Waals surface area contributed by atoms with Crippen LogP contribution in [0.4, 0.5) is 0 Å². The minimum absolute atomic E-state index is 0. The van der Waals surface area contributed by atoms with Gasteiger partial charge < -0.3 is 25.9 Å². The van der Waals surface area contributed by atoms with Crippen LogP contribution in [0.2, 0.25) is 0 Å². The molecule has 0 bridgehead atoms. The summed E-state index contributed by atoms with van der Waals surface area (Å²) in [4.78, 5) is 2.11. The molecule has 0 saturated carbocycles. The van der Waals surface area contributed by atoms with Gasteiger partial charge in [0.25, 0.3) is 0 Å². The summed E-state index contributed by atoms with van der Waals surface area (Å²) in [5.41, 5.74) is 2.74. The average molecular weight is 412 g/mol. The van der Waals surface area contributed by atoms with Gasteiger partial charge in [-0.15, -0.1) is 0 Å². The number of benzene rings is 2. The third-order valence-electron chi connectivity index (χ3n) is 4.38. The van der Waals surface area contributed by atoms with Crippen LogP contribution >= 0.6 is 0 Å². The van der Waals surface area contributed by atoms with E-state index < -0.39 is 0 Å². The number of nitrogens with zero attached hydrogens (tertiary/aromatic N) is 1. The fourth-order valence-corrected chi connectivity index (χ4v) is 2.72. The van der Waals surface area contributed by atoms with E-state index in [0.717, 1.165) is 24.2 Å². The maximum atomic E-state index is 9.77. The third kappa shape index (κ3) is 7.95. The van der Waals surface area contributed by atoms with E-state index in [0.29, 0.717) is 37.1 Å². The topological polar surface area (TPSA) is 91.4 Å². The molecule has 27 heavy (non-hydrogen) atoms. The zero-order chi connectivity index (χ0) is 18.9. The standard InChI is InChI=1S/C21H27N3O2.Co/c1-24(12-10-18(22)14-16-6-2-4-8-20(16)25)13-11-19(23)15-17-7-3-5-9-21(17)26;/h2-9,22-23,25-26H,10-15H2,1H3;/q;+2. The summed E-state index contributed by atoms with van der Waals surface area (Å²) < 4.78 is 0. The largest absolute Gasteiger partial charge is 2.00 e. The molecular weight excluding hydrogens is 385 g/mol. The summed E-state index contributed by atoms with van der Waals surface area (Å²) in [6, 6.07) is 14.3. The van der Waals surface area contributed by atoms with Crippen molar-refractivity contribution in [1.29, 1.82) is 10.8 Å². The monoisotopic (exact) mass is 412 g/mol. The molecule has 1 radical (unpaired) electrons. The number of hydrogen-bond acceptors (Lipinski definition) is 5. The summed E-state index contributed by atoms with van der Waals surface area (Å²) >= 11 is 0. The minimum atomic E-state index is 0. The predicted octanol–water partition coefficient (Wildman–Crippen LogP) is 3.63. The van der Waals surface area contributed by atoms with Gasteiger partial charge in [-0.05, 0) is 43.1 Å². The number of para-hydroxylation sites is 2. The molecule has 0 aliphatic heterocycles. The Morgan fingerprint density at radius 1 is 0.778 bits per heavy atom. The molecular formula is C21H27CoN3O2+2. The Morgan fingerprint density at radius 3 is 1.52 bits per heavy atom. The molecule has 5 nitrogen and oxygen atoms in total. The first-order valence-corrected chi connectivity index (χ1v) is 8.80. The molecule has 0 amide bonds. The molecule has 0 aliphatic carbocycles. The fourth-order valence-electron chi connectivity index (χ4n) is 2.72. The van der Waals surface area contributed by atoms with E-state index in [1.165, 1.54) is 0 Å². The number of nitrogens with one attached hydrogen (secondary N) is 2. The SMILES string of the molecule is CN(CCC(=N)Cc1ccccc1O)CCC(=N)Cc1ccccc1O.[Co+2]. The fraction of sp³-hybridized carbons (Fsp3) is 0.333. The van der Waals surface area contributed by atoms with Crippen molar-refractivity contribution in [2.75, 3.05) is 20.1 Å². The van der Waals surface area contributed by atoms with E-state index in [2.05, 4.69) is 4.90 Å². The third-order valence-corrected chi connectivity index (χ3v) is 4.38. The van der Waals surface area contributed by atoms with E-state index >= 15 is 0 Å². The van der Waals surface area contributed by atoms with Gasteiger partial charge in [0.1, 0.15) is 11.5 Å². The van der Waals surface area contributed by atoms with Crippen LogP contribution < -0.4 is 0 Å². The summed E-state index contributed by atoms with van der Waals surface area (Å²) in [5, 5.41) is 35.7. The number of hydrogen-bond donors (Lipinski definition) is 4. The van der Waals surface area contributed by atoms with E-state index in [9.17, 15) is 10.2 Å². The van der Waals surface area contributed by atoms with Crippen molar-refractivity contribution < 1.29 is 27.0 Å². The normalized spacial score (nSPS) is 10.4. The Bertz CT molecular complexity index is 701. The van der Waals surface area contributed by atoms with Crippen molar-refractivity contribution in [2.24, 2.45) is 0 Å². The summed E-state index contributed by atoms with van der Waals surface area (Å²) in [5.74, 6) is 0.478. The molecule has 145 valence electrons. The van der Waals surface area contributed by atoms with Gasteiger partial charge in [0.15, 0.2) is 0 Å². The van der Waals surface area contributed by atoms with Crippen LogP contribution in [0.1, 0.15) is 24.0 Å². The molecule has 0 aliphatic rings. The van der Waals surface area contributed by atoms with Gasteiger partial charge in [0, 0.05) is 37.4 Å². The van der Waals surface area contributed by atoms with Crippen LogP contribution in [0.3, 0.4) is 0 Å². The van der Waals surface area contributed by atoms with E-state index in [4.69, 9.17) is 10.8 Å². The van der Waals surface area contributed by atoms with E-state index in [-0.39, 0.29) is 28.3 Å². The average Bonchev–Trinajstić information content (AvgIpc) is 2.62. The van der Waals surface area contributed by atoms with Crippen molar-refractivity contribution in [3.63, 3.8) is 0 Å². The molecule has 2 rings (SSSR count). The first kappa shape index (κ1) is 22.9. The van der Waals surface area contributed by atoms with Crippen LogP contribution in [0.15, 0.2) is 48.5 Å². The number of phenols is 2.